The average Bonchev–Trinajstić information content (AvgIpc) is 2.30. The minimum absolute atomic E-state index is 0.750. The van der Waals surface area contributed by atoms with E-state index >= 15 is 0 Å². The van der Waals surface area contributed by atoms with Crippen LogP contribution < -0.4 is 0 Å². The zero-order valence-corrected chi connectivity index (χ0v) is 14.8. The molecule has 0 aliphatic rings. The lowest BCUT2D eigenvalue weighted by Gasteiger charge is -1.95. The van der Waals surface area contributed by atoms with Crippen molar-refractivity contribution >= 4 is 47.8 Å². The maximum absolute atomic E-state index is 4.13. The van der Waals surface area contributed by atoms with Gasteiger partial charge in [0.1, 0.15) is 13.8 Å². The van der Waals surface area contributed by atoms with Crippen LogP contribution in [0.4, 0.5) is 0 Å². The number of rotatable bonds is 0. The summed E-state index contributed by atoms with van der Waals surface area (Å²) in [5.41, 5.74) is 2.86. The Hall–Kier alpha value is -0.400. The van der Waals surface area contributed by atoms with Gasteiger partial charge in [-0.2, -0.15) is 0 Å². The smallest absolute Gasteiger partial charge is 0.128 e. The molecule has 0 amide bonds. The third kappa shape index (κ3) is 5.07. The van der Waals surface area contributed by atoms with Crippen LogP contribution in [0, 0.1) is 20.8 Å². The Morgan fingerprint density at radius 3 is 1.61 bits per heavy atom. The maximum atomic E-state index is 4.13. The highest BCUT2D eigenvalue weighted by molar-refractivity contribution is 9.11. The van der Waals surface area contributed by atoms with Crippen LogP contribution in [-0.2, 0) is 0 Å². The first kappa shape index (κ1) is 15.7. The Labute approximate surface area is 131 Å². The third-order valence-corrected chi connectivity index (χ3v) is 3.55. The summed E-state index contributed by atoms with van der Waals surface area (Å²) in [6.07, 6.45) is 3.36. The summed E-state index contributed by atoms with van der Waals surface area (Å²) < 4.78 is 2.34. The maximum Gasteiger partial charge on any atom is 0.128 e. The zero-order chi connectivity index (χ0) is 13.7. The fourth-order valence-electron chi connectivity index (χ4n) is 0.920. The lowest BCUT2D eigenvalue weighted by molar-refractivity contribution is 1.03. The van der Waals surface area contributed by atoms with Crippen molar-refractivity contribution in [3.8, 4) is 0 Å². The van der Waals surface area contributed by atoms with Gasteiger partial charge in [0, 0.05) is 0 Å². The first-order chi connectivity index (χ1) is 8.40. The van der Waals surface area contributed by atoms with E-state index in [2.05, 4.69) is 67.7 Å². The molecule has 0 saturated carbocycles. The van der Waals surface area contributed by atoms with Crippen LogP contribution in [0.15, 0.2) is 26.2 Å². The molecule has 96 valence electrons. The Morgan fingerprint density at radius 2 is 1.22 bits per heavy atom. The van der Waals surface area contributed by atoms with Gasteiger partial charge in [0.25, 0.3) is 0 Å². The van der Waals surface area contributed by atoms with Crippen LogP contribution in [0.3, 0.4) is 0 Å². The lowest BCUT2D eigenvalue weighted by Crippen LogP contribution is -1.89. The van der Waals surface area contributed by atoms with Gasteiger partial charge in [-0.15, -0.1) is 0 Å². The van der Waals surface area contributed by atoms with Gasteiger partial charge in [0.05, 0.1) is 29.5 Å². The van der Waals surface area contributed by atoms with Crippen molar-refractivity contribution in [2.24, 2.45) is 0 Å². The molecule has 0 unspecified atom stereocenters. The standard InChI is InChI=1S/C6H7BrN2.C5H4Br2N2/c1-4-5(2)9-6(7)3-8-4;1-3-5(7)9-4(6)2-8-3/h3H,1-2H3;2H,1H3. The van der Waals surface area contributed by atoms with Crippen LogP contribution in [0.5, 0.6) is 0 Å². The van der Waals surface area contributed by atoms with Crippen molar-refractivity contribution in [3.05, 3.63) is 43.3 Å². The second kappa shape index (κ2) is 7.25. The molecular formula is C11H11Br3N4. The largest absolute Gasteiger partial charge is 0.257 e. The van der Waals surface area contributed by atoms with Gasteiger partial charge in [-0.25, -0.2) is 9.97 Å². The molecule has 0 spiro atoms. The Morgan fingerprint density at radius 1 is 0.722 bits per heavy atom. The number of halogens is 3. The topological polar surface area (TPSA) is 51.6 Å². The normalized spacial score (nSPS) is 9.67. The molecule has 0 aliphatic heterocycles. The van der Waals surface area contributed by atoms with Crippen molar-refractivity contribution in [3.63, 3.8) is 0 Å². The van der Waals surface area contributed by atoms with Gasteiger partial charge in [0.15, 0.2) is 0 Å². The number of hydrogen-bond donors (Lipinski definition) is 0. The number of aryl methyl sites for hydroxylation is 3. The highest BCUT2D eigenvalue weighted by Crippen LogP contribution is 2.12. The molecule has 2 aromatic heterocycles. The molecule has 0 saturated heterocycles. The van der Waals surface area contributed by atoms with Crippen molar-refractivity contribution in [2.45, 2.75) is 20.8 Å². The number of hydrogen-bond acceptors (Lipinski definition) is 4. The van der Waals surface area contributed by atoms with Crippen LogP contribution >= 0.6 is 47.8 Å². The van der Waals surface area contributed by atoms with Crippen LogP contribution in [0.25, 0.3) is 0 Å². The monoisotopic (exact) mass is 436 g/mol. The van der Waals surface area contributed by atoms with Gasteiger partial charge in [-0.1, -0.05) is 0 Å². The molecule has 0 radical (unpaired) electrons. The van der Waals surface area contributed by atoms with Crippen LogP contribution in [0.2, 0.25) is 0 Å². The molecule has 2 aromatic rings. The molecule has 7 heteroatoms. The van der Waals surface area contributed by atoms with Crippen LogP contribution in [-0.4, -0.2) is 19.9 Å². The summed E-state index contributed by atoms with van der Waals surface area (Å²) >= 11 is 9.66. The van der Waals surface area contributed by atoms with Crippen LogP contribution in [0.1, 0.15) is 17.1 Å². The molecule has 0 atom stereocenters. The number of nitrogens with zero attached hydrogens (tertiary/aromatic N) is 4. The molecule has 0 aromatic carbocycles. The van der Waals surface area contributed by atoms with Gasteiger partial charge in [0.2, 0.25) is 0 Å². The molecule has 2 heterocycles. The molecule has 0 N–H and O–H groups in total. The first-order valence-electron chi connectivity index (χ1n) is 5.00. The lowest BCUT2D eigenvalue weighted by atomic mass is 10.4. The fraction of sp³-hybridized carbons (Fsp3) is 0.273. The van der Waals surface area contributed by atoms with Gasteiger partial charge in [-0.3, -0.25) is 9.97 Å². The van der Waals surface area contributed by atoms with E-state index in [1.807, 2.05) is 20.8 Å². The summed E-state index contributed by atoms with van der Waals surface area (Å²) in [5, 5.41) is 0. The summed E-state index contributed by atoms with van der Waals surface area (Å²) in [6, 6.07) is 0. The SMILES string of the molecule is Cc1ncc(Br)nc1Br.Cc1ncc(Br)nc1C. The molecule has 0 fully saturated rings. The second-order valence-electron chi connectivity index (χ2n) is 3.43. The van der Waals surface area contributed by atoms with Gasteiger partial charge < -0.3 is 0 Å². The zero-order valence-electron chi connectivity index (χ0n) is 10.1. The summed E-state index contributed by atoms with van der Waals surface area (Å²) in [6.45, 7) is 5.77. The predicted octanol–water partition coefficient (Wildman–Crippen LogP) is 4.17. The fourth-order valence-corrected chi connectivity index (χ4v) is 2.10. The van der Waals surface area contributed by atoms with Crippen molar-refractivity contribution in [1.29, 1.82) is 0 Å². The Bertz CT molecular complexity index is 496. The van der Waals surface area contributed by atoms with E-state index in [4.69, 9.17) is 0 Å². The molecule has 4 nitrogen and oxygen atoms in total. The molecule has 0 aliphatic carbocycles. The Balaban J connectivity index is 0.000000180. The summed E-state index contributed by atoms with van der Waals surface area (Å²) in [7, 11) is 0. The van der Waals surface area contributed by atoms with E-state index in [1.165, 1.54) is 0 Å². The highest BCUT2D eigenvalue weighted by Gasteiger charge is 1.95. The van der Waals surface area contributed by atoms with E-state index in [1.54, 1.807) is 12.4 Å². The van der Waals surface area contributed by atoms with E-state index in [9.17, 15) is 0 Å². The molecule has 18 heavy (non-hydrogen) atoms. The summed E-state index contributed by atoms with van der Waals surface area (Å²) in [5.74, 6) is 0. The van der Waals surface area contributed by atoms with E-state index in [0.717, 1.165) is 30.9 Å². The molecular weight excluding hydrogens is 428 g/mol. The van der Waals surface area contributed by atoms with E-state index < -0.39 is 0 Å². The van der Waals surface area contributed by atoms with E-state index in [-0.39, 0.29) is 0 Å². The predicted molar refractivity (Wildman–Crippen MR) is 81.4 cm³/mol. The van der Waals surface area contributed by atoms with Crippen molar-refractivity contribution < 1.29 is 0 Å². The molecule has 2 rings (SSSR count). The molecule has 0 bridgehead atoms. The minimum atomic E-state index is 0.750. The minimum Gasteiger partial charge on any atom is -0.257 e. The number of aromatic nitrogens is 4. The summed E-state index contributed by atoms with van der Waals surface area (Å²) in [4.78, 5) is 16.3. The van der Waals surface area contributed by atoms with E-state index in [0.29, 0.717) is 0 Å². The Kier molecular flexibility index (Phi) is 6.31. The average molecular weight is 439 g/mol. The quantitative estimate of drug-likeness (QED) is 0.619. The third-order valence-electron chi connectivity index (χ3n) is 2.03. The van der Waals surface area contributed by atoms with Crippen molar-refractivity contribution in [1.82, 2.24) is 19.9 Å². The van der Waals surface area contributed by atoms with Gasteiger partial charge in [-0.05, 0) is 68.6 Å². The highest BCUT2D eigenvalue weighted by atomic mass is 79.9. The first-order valence-corrected chi connectivity index (χ1v) is 7.38. The second-order valence-corrected chi connectivity index (χ2v) is 5.81. The van der Waals surface area contributed by atoms with Crippen molar-refractivity contribution in [2.75, 3.05) is 0 Å². The van der Waals surface area contributed by atoms with Gasteiger partial charge >= 0.3 is 0 Å².